The topological polar surface area (TPSA) is 58.6 Å². The van der Waals surface area contributed by atoms with Gasteiger partial charge < -0.3 is 4.74 Å². The zero-order chi connectivity index (χ0) is 18.6. The summed E-state index contributed by atoms with van der Waals surface area (Å²) in [5.41, 5.74) is 0.492. The third kappa shape index (κ3) is 4.88. The first-order valence-electron chi connectivity index (χ1n) is 7.21. The monoisotopic (exact) mass is 390 g/mol. The molecule has 0 aliphatic carbocycles. The van der Waals surface area contributed by atoms with Crippen LogP contribution in [0.4, 0.5) is 8.78 Å². The normalized spacial score (nSPS) is 11.8. The molecule has 0 bridgehead atoms. The summed E-state index contributed by atoms with van der Waals surface area (Å²) in [5.74, 6) is -1.12. The molecule has 0 saturated heterocycles. The van der Waals surface area contributed by atoms with E-state index in [1.54, 1.807) is 0 Å². The molecule has 0 amide bonds. The number of halogens is 3. The molecule has 0 fully saturated rings. The van der Waals surface area contributed by atoms with Gasteiger partial charge in [0.2, 0.25) is 0 Å². The number of nitrogens with zero attached hydrogens (tertiary/aromatic N) is 1. The van der Waals surface area contributed by atoms with Crippen molar-refractivity contribution < 1.29 is 21.9 Å². The zero-order valence-electron chi connectivity index (χ0n) is 13.6. The summed E-state index contributed by atoms with van der Waals surface area (Å²) in [5, 5.41) is 0.138. The maximum absolute atomic E-state index is 13.8. The molecule has 0 radical (unpaired) electrons. The van der Waals surface area contributed by atoms with E-state index in [2.05, 4.69) is 4.72 Å². The molecule has 2 aromatic carbocycles. The average Bonchev–Trinajstić information content (AvgIpc) is 2.56. The van der Waals surface area contributed by atoms with E-state index < -0.39 is 21.8 Å². The fourth-order valence-electron chi connectivity index (χ4n) is 2.10. The standard InChI is InChI=1S/C16H17ClF2N2O3S/c1-21(10-12-13(17)4-3-5-14(12)18)25(22,23)20-9-11-6-7-16(24-2)15(19)8-11/h3-8,20H,9-10H2,1-2H3. The van der Waals surface area contributed by atoms with Gasteiger partial charge in [0.1, 0.15) is 5.82 Å². The number of ether oxygens (including phenoxy) is 1. The largest absolute Gasteiger partial charge is 0.494 e. The van der Waals surface area contributed by atoms with Gasteiger partial charge in [0.25, 0.3) is 10.2 Å². The van der Waals surface area contributed by atoms with Crippen LogP contribution in [-0.4, -0.2) is 26.9 Å². The molecule has 5 nitrogen and oxygen atoms in total. The molecule has 0 aromatic heterocycles. The van der Waals surface area contributed by atoms with Gasteiger partial charge in [-0.25, -0.2) is 8.78 Å². The van der Waals surface area contributed by atoms with Gasteiger partial charge in [0.15, 0.2) is 11.6 Å². The Labute approximate surface area is 150 Å². The van der Waals surface area contributed by atoms with E-state index in [-0.39, 0.29) is 29.4 Å². The van der Waals surface area contributed by atoms with Crippen molar-refractivity contribution in [3.8, 4) is 5.75 Å². The molecule has 2 aromatic rings. The molecule has 2 rings (SSSR count). The molecule has 0 heterocycles. The first kappa shape index (κ1) is 19.6. The minimum absolute atomic E-state index is 0.0675. The first-order valence-corrected chi connectivity index (χ1v) is 9.02. The average molecular weight is 391 g/mol. The van der Waals surface area contributed by atoms with Crippen LogP contribution in [0.2, 0.25) is 5.02 Å². The van der Waals surface area contributed by atoms with Gasteiger partial charge in [0, 0.05) is 30.7 Å². The Kier molecular flexibility index (Phi) is 6.34. The van der Waals surface area contributed by atoms with Crippen LogP contribution in [0.1, 0.15) is 11.1 Å². The van der Waals surface area contributed by atoms with E-state index in [9.17, 15) is 17.2 Å². The Morgan fingerprint density at radius 3 is 2.52 bits per heavy atom. The molecule has 0 unspecified atom stereocenters. The minimum atomic E-state index is -3.91. The summed E-state index contributed by atoms with van der Waals surface area (Å²) in [6.45, 7) is -0.365. The van der Waals surface area contributed by atoms with Crippen molar-refractivity contribution >= 4 is 21.8 Å². The molecule has 25 heavy (non-hydrogen) atoms. The van der Waals surface area contributed by atoms with Crippen LogP contribution in [-0.2, 0) is 23.3 Å². The van der Waals surface area contributed by atoms with E-state index in [4.69, 9.17) is 16.3 Å². The summed E-state index contributed by atoms with van der Waals surface area (Å²) < 4.78 is 60.0. The third-order valence-electron chi connectivity index (χ3n) is 3.53. The van der Waals surface area contributed by atoms with E-state index in [0.717, 1.165) is 4.31 Å². The van der Waals surface area contributed by atoms with Gasteiger partial charge >= 0.3 is 0 Å². The van der Waals surface area contributed by atoms with E-state index in [1.165, 1.54) is 50.6 Å². The van der Waals surface area contributed by atoms with Crippen molar-refractivity contribution in [2.45, 2.75) is 13.1 Å². The Morgan fingerprint density at radius 2 is 1.92 bits per heavy atom. The fraction of sp³-hybridized carbons (Fsp3) is 0.250. The van der Waals surface area contributed by atoms with Crippen LogP contribution in [0.25, 0.3) is 0 Å². The maximum atomic E-state index is 13.8. The smallest absolute Gasteiger partial charge is 0.279 e. The lowest BCUT2D eigenvalue weighted by molar-refractivity contribution is 0.386. The van der Waals surface area contributed by atoms with E-state index >= 15 is 0 Å². The molecule has 0 aliphatic rings. The summed E-state index contributed by atoms with van der Waals surface area (Å²) in [6, 6.07) is 8.24. The van der Waals surface area contributed by atoms with Crippen LogP contribution in [0.5, 0.6) is 5.75 Å². The van der Waals surface area contributed by atoms with Crippen LogP contribution >= 0.6 is 11.6 Å². The molecular weight excluding hydrogens is 374 g/mol. The maximum Gasteiger partial charge on any atom is 0.279 e. The van der Waals surface area contributed by atoms with Crippen molar-refractivity contribution in [1.82, 2.24) is 9.03 Å². The van der Waals surface area contributed by atoms with Crippen LogP contribution in [0, 0.1) is 11.6 Å². The summed E-state index contributed by atoms with van der Waals surface area (Å²) >= 11 is 5.91. The second-order valence-corrected chi connectivity index (χ2v) is 7.52. The highest BCUT2D eigenvalue weighted by Crippen LogP contribution is 2.21. The quantitative estimate of drug-likeness (QED) is 0.790. The number of rotatable bonds is 7. The van der Waals surface area contributed by atoms with Crippen molar-refractivity contribution in [3.05, 3.63) is 64.2 Å². The Balaban J connectivity index is 2.07. The number of benzene rings is 2. The highest BCUT2D eigenvalue weighted by atomic mass is 35.5. The van der Waals surface area contributed by atoms with Crippen LogP contribution < -0.4 is 9.46 Å². The highest BCUT2D eigenvalue weighted by Gasteiger charge is 2.20. The highest BCUT2D eigenvalue weighted by molar-refractivity contribution is 7.87. The molecule has 0 atom stereocenters. The van der Waals surface area contributed by atoms with Gasteiger partial charge in [0.05, 0.1) is 7.11 Å². The second kappa shape index (κ2) is 8.09. The summed E-state index contributed by atoms with van der Waals surface area (Å²) in [6.07, 6.45) is 0. The van der Waals surface area contributed by atoms with Crippen molar-refractivity contribution in [1.29, 1.82) is 0 Å². The number of hydrogen-bond donors (Lipinski definition) is 1. The predicted octanol–water partition coefficient (Wildman–Crippen LogP) is 3.09. The molecule has 0 saturated carbocycles. The molecule has 0 aliphatic heterocycles. The summed E-state index contributed by atoms with van der Waals surface area (Å²) in [4.78, 5) is 0. The fourth-order valence-corrected chi connectivity index (χ4v) is 3.19. The molecule has 136 valence electrons. The SMILES string of the molecule is COc1ccc(CNS(=O)(=O)N(C)Cc2c(F)cccc2Cl)cc1F. The third-order valence-corrected chi connectivity index (χ3v) is 5.34. The Morgan fingerprint density at radius 1 is 1.20 bits per heavy atom. The van der Waals surface area contributed by atoms with Crippen molar-refractivity contribution in [3.63, 3.8) is 0 Å². The van der Waals surface area contributed by atoms with Crippen LogP contribution in [0.15, 0.2) is 36.4 Å². The number of nitrogens with one attached hydrogen (secondary N) is 1. The van der Waals surface area contributed by atoms with Gasteiger partial charge in [-0.1, -0.05) is 23.7 Å². The van der Waals surface area contributed by atoms with Crippen molar-refractivity contribution in [2.75, 3.05) is 14.2 Å². The molecule has 0 spiro atoms. The molecule has 1 N–H and O–H groups in total. The van der Waals surface area contributed by atoms with Crippen LogP contribution in [0.3, 0.4) is 0 Å². The Bertz CT molecular complexity index is 842. The number of methoxy groups -OCH3 is 1. The Hall–Kier alpha value is -1.74. The zero-order valence-corrected chi connectivity index (χ0v) is 15.2. The van der Waals surface area contributed by atoms with E-state index in [0.29, 0.717) is 5.56 Å². The van der Waals surface area contributed by atoms with Gasteiger partial charge in [-0.3, -0.25) is 0 Å². The lowest BCUT2D eigenvalue weighted by atomic mass is 10.2. The lowest BCUT2D eigenvalue weighted by Gasteiger charge is -2.19. The number of hydrogen-bond acceptors (Lipinski definition) is 3. The van der Waals surface area contributed by atoms with Crippen molar-refractivity contribution in [2.24, 2.45) is 0 Å². The second-order valence-electron chi connectivity index (χ2n) is 5.25. The van der Waals surface area contributed by atoms with E-state index in [1.807, 2.05) is 0 Å². The molecule has 9 heteroatoms. The summed E-state index contributed by atoms with van der Waals surface area (Å²) in [7, 11) is -1.29. The minimum Gasteiger partial charge on any atom is -0.494 e. The van der Waals surface area contributed by atoms with Gasteiger partial charge in [-0.2, -0.15) is 17.4 Å². The predicted molar refractivity (Wildman–Crippen MR) is 91.6 cm³/mol. The lowest BCUT2D eigenvalue weighted by Crippen LogP contribution is -2.37. The van der Waals surface area contributed by atoms with Gasteiger partial charge in [-0.05, 0) is 29.8 Å². The first-order chi connectivity index (χ1) is 11.7. The van der Waals surface area contributed by atoms with Gasteiger partial charge in [-0.15, -0.1) is 0 Å². The molecular formula is C16H17ClF2N2O3S.